The molecular formula is C23H23BrN2OS. The second-order valence-electron chi connectivity index (χ2n) is 7.40. The Balaban J connectivity index is 1.72. The van der Waals surface area contributed by atoms with E-state index in [-0.39, 0.29) is 11.9 Å². The van der Waals surface area contributed by atoms with Crippen LogP contribution in [0.3, 0.4) is 0 Å². The average Bonchev–Trinajstić information content (AvgIpc) is 2.98. The number of nitrogens with zero attached hydrogens (tertiary/aromatic N) is 2. The number of aliphatic imine (C=N–C) groups is 1. The number of thioether (sulfide) groups is 1. The van der Waals surface area contributed by atoms with E-state index in [1.807, 2.05) is 65.6 Å². The second kappa shape index (κ2) is 8.66. The molecule has 1 amide bonds. The highest BCUT2D eigenvalue weighted by molar-refractivity contribution is 9.10. The lowest BCUT2D eigenvalue weighted by Crippen LogP contribution is -2.44. The van der Waals surface area contributed by atoms with Crippen LogP contribution in [0.25, 0.3) is 6.08 Å². The number of amidine groups is 1. The zero-order chi connectivity index (χ0) is 19.5. The monoisotopic (exact) mass is 454 g/mol. The molecule has 1 aliphatic carbocycles. The summed E-state index contributed by atoms with van der Waals surface area (Å²) in [5.74, 6) is 0.572. The molecule has 0 N–H and O–H groups in total. The number of hydrogen-bond donors (Lipinski definition) is 0. The van der Waals surface area contributed by atoms with E-state index in [1.54, 1.807) is 0 Å². The van der Waals surface area contributed by atoms with Crippen molar-refractivity contribution in [2.45, 2.75) is 38.6 Å². The van der Waals surface area contributed by atoms with Gasteiger partial charge in [-0.3, -0.25) is 9.69 Å². The predicted molar refractivity (Wildman–Crippen MR) is 122 cm³/mol. The van der Waals surface area contributed by atoms with Crippen molar-refractivity contribution < 1.29 is 4.79 Å². The van der Waals surface area contributed by atoms with Crippen LogP contribution < -0.4 is 0 Å². The van der Waals surface area contributed by atoms with Gasteiger partial charge in [0.25, 0.3) is 5.91 Å². The van der Waals surface area contributed by atoms with Crippen LogP contribution in [0.4, 0.5) is 5.69 Å². The lowest BCUT2D eigenvalue weighted by atomic mass is 9.85. The summed E-state index contributed by atoms with van der Waals surface area (Å²) in [6.45, 7) is 2.26. The van der Waals surface area contributed by atoms with E-state index in [0.717, 1.165) is 32.2 Å². The Hall–Kier alpha value is -1.85. The molecule has 1 saturated heterocycles. The van der Waals surface area contributed by atoms with Crippen molar-refractivity contribution in [1.29, 1.82) is 0 Å². The van der Waals surface area contributed by atoms with Crippen LogP contribution >= 0.6 is 27.7 Å². The van der Waals surface area contributed by atoms with E-state index in [0.29, 0.717) is 5.92 Å². The standard InChI is InChI=1S/C23H23BrN2OS/c1-16-8-5-6-13-20(16)26-22(27)21(15-17-9-7-10-18(24)14-17)28-23(26)25-19-11-3-2-4-12-19/h2-4,7,9-12,14-16,20H,5-6,8,13H2,1H3/b21-15-,25-23?/t16-,20+/m1/s1. The Morgan fingerprint density at radius 2 is 1.89 bits per heavy atom. The first-order valence-corrected chi connectivity index (χ1v) is 11.4. The van der Waals surface area contributed by atoms with Crippen LogP contribution in [0, 0.1) is 5.92 Å². The number of benzene rings is 2. The van der Waals surface area contributed by atoms with Crippen LogP contribution in [0.2, 0.25) is 0 Å². The summed E-state index contributed by atoms with van der Waals surface area (Å²) >= 11 is 5.00. The van der Waals surface area contributed by atoms with Gasteiger partial charge in [-0.25, -0.2) is 4.99 Å². The zero-order valence-corrected chi connectivity index (χ0v) is 18.2. The zero-order valence-electron chi connectivity index (χ0n) is 15.8. The summed E-state index contributed by atoms with van der Waals surface area (Å²) in [5, 5.41) is 0.802. The van der Waals surface area contributed by atoms with E-state index in [4.69, 9.17) is 4.99 Å². The number of rotatable bonds is 3. The molecule has 5 heteroatoms. The molecule has 2 aromatic rings. The Morgan fingerprint density at radius 1 is 1.11 bits per heavy atom. The molecule has 1 aliphatic heterocycles. The molecule has 28 heavy (non-hydrogen) atoms. The van der Waals surface area contributed by atoms with E-state index < -0.39 is 0 Å². The van der Waals surface area contributed by atoms with Crippen molar-refractivity contribution in [2.24, 2.45) is 10.9 Å². The summed E-state index contributed by atoms with van der Waals surface area (Å²) in [7, 11) is 0. The van der Waals surface area contributed by atoms with Crippen molar-refractivity contribution in [2.75, 3.05) is 0 Å². The molecule has 2 aliphatic rings. The number of amides is 1. The molecule has 1 saturated carbocycles. The second-order valence-corrected chi connectivity index (χ2v) is 9.32. The van der Waals surface area contributed by atoms with Crippen LogP contribution in [0.1, 0.15) is 38.2 Å². The van der Waals surface area contributed by atoms with Crippen molar-refractivity contribution >= 4 is 50.5 Å². The van der Waals surface area contributed by atoms with Crippen LogP contribution in [-0.2, 0) is 4.79 Å². The third-order valence-electron chi connectivity index (χ3n) is 5.36. The van der Waals surface area contributed by atoms with Crippen molar-refractivity contribution in [3.05, 3.63) is 69.5 Å². The van der Waals surface area contributed by atoms with Gasteiger partial charge in [-0.05, 0) is 66.4 Å². The van der Waals surface area contributed by atoms with Crippen LogP contribution in [0.15, 0.2) is 69.0 Å². The van der Waals surface area contributed by atoms with Gasteiger partial charge in [0.05, 0.1) is 10.6 Å². The molecule has 2 atom stereocenters. The summed E-state index contributed by atoms with van der Waals surface area (Å²) in [4.78, 5) is 20.9. The summed E-state index contributed by atoms with van der Waals surface area (Å²) in [6, 6.07) is 18.2. The molecule has 0 radical (unpaired) electrons. The molecule has 2 aromatic carbocycles. The predicted octanol–water partition coefficient (Wildman–Crippen LogP) is 6.63. The number of halogens is 1. The maximum Gasteiger partial charge on any atom is 0.267 e. The number of carbonyl (C=O) groups excluding carboxylic acids is 1. The highest BCUT2D eigenvalue weighted by Gasteiger charge is 2.41. The lowest BCUT2D eigenvalue weighted by Gasteiger charge is -2.35. The van der Waals surface area contributed by atoms with Gasteiger partial charge in [-0.2, -0.15) is 0 Å². The van der Waals surface area contributed by atoms with Crippen molar-refractivity contribution in [1.82, 2.24) is 4.90 Å². The number of para-hydroxylation sites is 1. The molecule has 2 fully saturated rings. The van der Waals surface area contributed by atoms with Crippen molar-refractivity contribution in [3.63, 3.8) is 0 Å². The van der Waals surface area contributed by atoms with E-state index >= 15 is 0 Å². The molecule has 4 rings (SSSR count). The number of hydrogen-bond acceptors (Lipinski definition) is 3. The molecule has 0 unspecified atom stereocenters. The number of carbonyl (C=O) groups is 1. The Bertz CT molecular complexity index is 925. The Morgan fingerprint density at radius 3 is 2.64 bits per heavy atom. The molecule has 0 aromatic heterocycles. The largest absolute Gasteiger partial charge is 0.283 e. The minimum atomic E-state index is 0.0819. The SMILES string of the molecule is C[C@@H]1CCCC[C@@H]1N1C(=O)/C(=C/c2cccc(Br)c2)SC1=Nc1ccccc1. The summed E-state index contributed by atoms with van der Waals surface area (Å²) in [6.07, 6.45) is 6.62. The maximum absolute atomic E-state index is 13.4. The molecule has 0 bridgehead atoms. The first-order valence-electron chi connectivity index (χ1n) is 9.74. The van der Waals surface area contributed by atoms with E-state index in [1.165, 1.54) is 31.0 Å². The molecular weight excluding hydrogens is 432 g/mol. The fourth-order valence-corrected chi connectivity index (χ4v) is 5.36. The molecule has 1 heterocycles. The first-order chi connectivity index (χ1) is 13.6. The third-order valence-corrected chi connectivity index (χ3v) is 6.84. The molecule has 3 nitrogen and oxygen atoms in total. The molecule has 0 spiro atoms. The fraction of sp³-hybridized carbons (Fsp3) is 0.304. The van der Waals surface area contributed by atoms with Gasteiger partial charge in [0, 0.05) is 10.5 Å². The smallest absolute Gasteiger partial charge is 0.267 e. The van der Waals surface area contributed by atoms with E-state index in [9.17, 15) is 4.79 Å². The minimum Gasteiger partial charge on any atom is -0.283 e. The minimum absolute atomic E-state index is 0.0819. The Kier molecular flexibility index (Phi) is 6.02. The van der Waals surface area contributed by atoms with Gasteiger partial charge in [0.15, 0.2) is 5.17 Å². The Labute approximate surface area is 179 Å². The van der Waals surface area contributed by atoms with Crippen LogP contribution in [0.5, 0.6) is 0 Å². The topological polar surface area (TPSA) is 32.7 Å². The van der Waals surface area contributed by atoms with Gasteiger partial charge in [-0.15, -0.1) is 0 Å². The van der Waals surface area contributed by atoms with Gasteiger partial charge in [0.2, 0.25) is 0 Å². The lowest BCUT2D eigenvalue weighted by molar-refractivity contribution is -0.124. The van der Waals surface area contributed by atoms with Gasteiger partial charge in [-0.1, -0.05) is 66.0 Å². The van der Waals surface area contributed by atoms with Crippen molar-refractivity contribution in [3.8, 4) is 0 Å². The first kappa shape index (κ1) is 19.5. The van der Waals surface area contributed by atoms with Gasteiger partial charge in [0.1, 0.15) is 0 Å². The molecule has 144 valence electrons. The summed E-state index contributed by atoms with van der Waals surface area (Å²) in [5.41, 5.74) is 1.90. The summed E-state index contributed by atoms with van der Waals surface area (Å²) < 4.78 is 1.01. The highest BCUT2D eigenvalue weighted by atomic mass is 79.9. The third kappa shape index (κ3) is 4.26. The fourth-order valence-electron chi connectivity index (χ4n) is 3.90. The average molecular weight is 455 g/mol. The normalized spacial score (nSPS) is 25.6. The van der Waals surface area contributed by atoms with Crippen LogP contribution in [-0.4, -0.2) is 22.0 Å². The van der Waals surface area contributed by atoms with Gasteiger partial charge < -0.3 is 0 Å². The maximum atomic E-state index is 13.4. The van der Waals surface area contributed by atoms with E-state index in [2.05, 4.69) is 22.9 Å². The highest BCUT2D eigenvalue weighted by Crippen LogP contribution is 2.40. The quantitative estimate of drug-likeness (QED) is 0.487. The van der Waals surface area contributed by atoms with Gasteiger partial charge >= 0.3 is 0 Å².